The Morgan fingerprint density at radius 3 is 2.46 bits per heavy atom. The van der Waals surface area contributed by atoms with Crippen molar-refractivity contribution in [1.29, 1.82) is 0 Å². The van der Waals surface area contributed by atoms with E-state index < -0.39 is 11.8 Å². The Morgan fingerprint density at radius 1 is 1.11 bits per heavy atom. The van der Waals surface area contributed by atoms with E-state index in [4.69, 9.17) is 56.5 Å². The number of hydrazine groups is 1. The lowest BCUT2D eigenvalue weighted by Crippen LogP contribution is -2.44. The summed E-state index contributed by atoms with van der Waals surface area (Å²) < 4.78 is 12.2. The van der Waals surface area contributed by atoms with Crippen LogP contribution in [-0.2, 0) is 11.4 Å². The number of rotatable bonds is 7. The molecule has 0 spiro atoms. The van der Waals surface area contributed by atoms with Gasteiger partial charge in [0.15, 0.2) is 15.8 Å². The zero-order valence-electron chi connectivity index (χ0n) is 18.9. The zero-order valence-corrected chi connectivity index (χ0v) is 24.4. The SMILES string of the molecule is COc1cc(/C=C2\SC(=S)N(NC(=O)c3ccccc3Cl)C2=O)cc(Br)c1OCc1c(Cl)cccc1Cl. The second-order valence-electron chi connectivity index (χ2n) is 7.46. The fraction of sp³-hybridized carbons (Fsp3) is 0.0800. The molecule has 1 saturated heterocycles. The first kappa shape index (κ1) is 27.8. The number of methoxy groups -OCH3 is 1. The number of amides is 2. The summed E-state index contributed by atoms with van der Waals surface area (Å²) in [6, 6.07) is 15.2. The molecule has 0 aromatic heterocycles. The number of nitrogens with zero attached hydrogens (tertiary/aromatic N) is 1. The maximum atomic E-state index is 13.0. The average molecular weight is 659 g/mol. The van der Waals surface area contributed by atoms with E-state index in [1.54, 1.807) is 60.7 Å². The Bertz CT molecular complexity index is 1430. The van der Waals surface area contributed by atoms with Crippen LogP contribution in [0.2, 0.25) is 15.1 Å². The largest absolute Gasteiger partial charge is 0.493 e. The van der Waals surface area contributed by atoms with Crippen LogP contribution in [0.25, 0.3) is 6.08 Å². The van der Waals surface area contributed by atoms with Crippen molar-refractivity contribution in [2.45, 2.75) is 6.61 Å². The highest BCUT2D eigenvalue weighted by Gasteiger charge is 2.34. The van der Waals surface area contributed by atoms with Gasteiger partial charge >= 0.3 is 0 Å². The van der Waals surface area contributed by atoms with Gasteiger partial charge in [0.05, 0.1) is 27.1 Å². The molecule has 37 heavy (non-hydrogen) atoms. The van der Waals surface area contributed by atoms with Gasteiger partial charge in [-0.25, -0.2) is 0 Å². The maximum absolute atomic E-state index is 13.0. The smallest absolute Gasteiger partial charge is 0.285 e. The van der Waals surface area contributed by atoms with E-state index in [2.05, 4.69) is 21.4 Å². The summed E-state index contributed by atoms with van der Waals surface area (Å²) in [4.78, 5) is 25.9. The van der Waals surface area contributed by atoms with Crippen molar-refractivity contribution in [1.82, 2.24) is 10.4 Å². The minimum atomic E-state index is -0.548. The summed E-state index contributed by atoms with van der Waals surface area (Å²) in [7, 11) is 1.50. The summed E-state index contributed by atoms with van der Waals surface area (Å²) in [6.07, 6.45) is 1.64. The van der Waals surface area contributed by atoms with Gasteiger partial charge in [0.25, 0.3) is 11.8 Å². The summed E-state index contributed by atoms with van der Waals surface area (Å²) >= 11 is 28.5. The van der Waals surface area contributed by atoms with Crippen LogP contribution in [0, 0.1) is 0 Å². The molecule has 12 heteroatoms. The normalized spacial score (nSPS) is 14.3. The predicted molar refractivity (Wildman–Crippen MR) is 155 cm³/mol. The van der Waals surface area contributed by atoms with Gasteiger partial charge in [0.1, 0.15) is 6.61 Å². The molecule has 1 heterocycles. The molecule has 6 nitrogen and oxygen atoms in total. The third kappa shape index (κ3) is 6.25. The summed E-state index contributed by atoms with van der Waals surface area (Å²) in [5.74, 6) is -0.159. The van der Waals surface area contributed by atoms with Crippen molar-refractivity contribution >= 4 is 96.9 Å². The molecule has 1 N–H and O–H groups in total. The monoisotopic (exact) mass is 656 g/mol. The number of nitrogens with one attached hydrogen (secondary N) is 1. The molecule has 190 valence electrons. The van der Waals surface area contributed by atoms with Crippen molar-refractivity contribution < 1.29 is 19.1 Å². The Labute approximate surface area is 245 Å². The molecule has 2 amide bonds. The number of carbonyl (C=O) groups is 2. The molecule has 0 atom stereocenters. The number of halogens is 4. The molecule has 0 unspecified atom stereocenters. The van der Waals surface area contributed by atoms with Crippen molar-refractivity contribution in [3.8, 4) is 11.5 Å². The first-order chi connectivity index (χ1) is 17.7. The van der Waals surface area contributed by atoms with E-state index in [0.717, 1.165) is 16.8 Å². The molecule has 1 aliphatic rings. The van der Waals surface area contributed by atoms with E-state index in [9.17, 15) is 9.59 Å². The number of thioether (sulfide) groups is 1. The van der Waals surface area contributed by atoms with E-state index in [1.165, 1.54) is 7.11 Å². The lowest BCUT2D eigenvalue weighted by atomic mass is 10.1. The topological polar surface area (TPSA) is 67.9 Å². The van der Waals surface area contributed by atoms with Crippen molar-refractivity contribution in [3.05, 3.63) is 95.7 Å². The second kappa shape index (κ2) is 12.1. The fourth-order valence-corrected chi connectivity index (χ4v) is 5.78. The highest BCUT2D eigenvalue weighted by Crippen LogP contribution is 2.40. The first-order valence-electron chi connectivity index (χ1n) is 10.5. The molecular formula is C25H16BrCl3N2O4S2. The lowest BCUT2D eigenvalue weighted by Gasteiger charge is -2.16. The van der Waals surface area contributed by atoms with Gasteiger partial charge < -0.3 is 9.47 Å². The highest BCUT2D eigenvalue weighted by atomic mass is 79.9. The summed E-state index contributed by atoms with van der Waals surface area (Å²) in [5, 5.41) is 2.26. The van der Waals surface area contributed by atoms with Crippen LogP contribution in [0.3, 0.4) is 0 Å². The third-order valence-corrected chi connectivity index (χ3v) is 8.03. The number of carbonyl (C=O) groups excluding carboxylic acids is 2. The Kier molecular flexibility index (Phi) is 9.05. The van der Waals surface area contributed by atoms with Crippen LogP contribution in [-0.4, -0.2) is 28.3 Å². The van der Waals surface area contributed by atoms with Gasteiger partial charge in [-0.3, -0.25) is 15.0 Å². The lowest BCUT2D eigenvalue weighted by molar-refractivity contribution is -0.123. The fourth-order valence-electron chi connectivity index (χ4n) is 3.30. The number of benzene rings is 3. The van der Waals surface area contributed by atoms with Gasteiger partial charge in [0, 0.05) is 15.6 Å². The van der Waals surface area contributed by atoms with E-state index in [0.29, 0.717) is 42.0 Å². The number of thiocarbonyl (C=S) groups is 1. The quantitative estimate of drug-likeness (QED) is 0.209. The Morgan fingerprint density at radius 2 is 1.78 bits per heavy atom. The van der Waals surface area contributed by atoms with Crippen LogP contribution >= 0.6 is 74.7 Å². The maximum Gasteiger partial charge on any atom is 0.285 e. The van der Waals surface area contributed by atoms with Gasteiger partial charge in [-0.15, -0.1) is 0 Å². The molecule has 0 bridgehead atoms. The second-order valence-corrected chi connectivity index (χ2v) is 11.2. The molecular weight excluding hydrogens is 643 g/mol. The Hall–Kier alpha value is -2.27. The molecule has 0 saturated carbocycles. The molecule has 3 aromatic carbocycles. The van der Waals surface area contributed by atoms with Crippen molar-refractivity contribution in [3.63, 3.8) is 0 Å². The van der Waals surface area contributed by atoms with Crippen molar-refractivity contribution in [2.75, 3.05) is 7.11 Å². The number of hydrogen-bond acceptors (Lipinski definition) is 6. The van der Waals surface area contributed by atoms with Gasteiger partial charge in [-0.2, -0.15) is 5.01 Å². The van der Waals surface area contributed by atoms with Crippen LogP contribution in [0.5, 0.6) is 11.5 Å². The molecule has 3 aromatic rings. The number of ether oxygens (including phenoxy) is 2. The average Bonchev–Trinajstić information content (AvgIpc) is 3.11. The Balaban J connectivity index is 1.54. The van der Waals surface area contributed by atoms with Crippen LogP contribution in [0.15, 0.2) is 64.0 Å². The standard InChI is InChI=1S/C25H16BrCl3N2O4S2/c1-34-20-10-13(9-16(26)22(20)35-12-15-18(28)7-4-8-19(15)29)11-21-24(33)31(25(36)37-21)30-23(32)14-5-2-3-6-17(14)27/h2-11H,12H2,1H3,(H,30,32)/b21-11-. The van der Waals surface area contributed by atoms with Crippen LogP contribution in [0.1, 0.15) is 21.5 Å². The summed E-state index contributed by atoms with van der Waals surface area (Å²) in [6.45, 7) is 0.122. The molecule has 4 rings (SSSR count). The first-order valence-corrected chi connectivity index (χ1v) is 13.6. The predicted octanol–water partition coefficient (Wildman–Crippen LogP) is 7.54. The molecule has 1 fully saturated rings. The van der Waals surface area contributed by atoms with Crippen LogP contribution < -0.4 is 14.9 Å². The number of hydrogen-bond donors (Lipinski definition) is 1. The zero-order chi connectivity index (χ0) is 26.7. The van der Waals surface area contributed by atoms with E-state index in [-0.39, 0.29) is 21.5 Å². The molecule has 1 aliphatic heterocycles. The van der Waals surface area contributed by atoms with Crippen LogP contribution in [0.4, 0.5) is 0 Å². The van der Waals surface area contributed by atoms with Crippen molar-refractivity contribution in [2.24, 2.45) is 0 Å². The van der Waals surface area contributed by atoms with Gasteiger partial charge in [0.2, 0.25) is 0 Å². The van der Waals surface area contributed by atoms with Gasteiger partial charge in [-0.05, 0) is 76.2 Å². The minimum absolute atomic E-state index is 0.122. The van der Waals surface area contributed by atoms with E-state index in [1.807, 2.05) is 0 Å². The molecule has 0 radical (unpaired) electrons. The summed E-state index contributed by atoms with van der Waals surface area (Å²) in [5.41, 5.74) is 4.03. The third-order valence-electron chi connectivity index (χ3n) is 5.10. The minimum Gasteiger partial charge on any atom is -0.493 e. The van der Waals surface area contributed by atoms with Gasteiger partial charge in [-0.1, -0.05) is 64.8 Å². The highest BCUT2D eigenvalue weighted by molar-refractivity contribution is 9.10. The van der Waals surface area contributed by atoms with E-state index >= 15 is 0 Å². The molecule has 0 aliphatic carbocycles.